The molecule has 2 aromatic rings. The van der Waals surface area contributed by atoms with Gasteiger partial charge < -0.3 is 25.7 Å². The minimum Gasteiger partial charge on any atom is -0.449 e. The van der Waals surface area contributed by atoms with E-state index in [-0.39, 0.29) is 24.6 Å². The van der Waals surface area contributed by atoms with Crippen LogP contribution in [0.25, 0.3) is 11.6 Å². The van der Waals surface area contributed by atoms with Crippen LogP contribution in [-0.2, 0) is 9.53 Å². The summed E-state index contributed by atoms with van der Waals surface area (Å²) < 4.78 is 19.2. The highest BCUT2D eigenvalue weighted by Crippen LogP contribution is 2.34. The fourth-order valence-corrected chi connectivity index (χ4v) is 4.36. The molecule has 0 spiro atoms. The number of unbranched alkanes of at least 4 members (excludes halogenated alkanes) is 1. The summed E-state index contributed by atoms with van der Waals surface area (Å²) in [5.74, 6) is -1.29. The first-order chi connectivity index (χ1) is 17.7. The summed E-state index contributed by atoms with van der Waals surface area (Å²) in [6.45, 7) is 10.5. The molecule has 0 saturated heterocycles. The van der Waals surface area contributed by atoms with E-state index in [1.807, 2.05) is 13.8 Å². The van der Waals surface area contributed by atoms with E-state index in [9.17, 15) is 18.8 Å². The van der Waals surface area contributed by atoms with Crippen LogP contribution in [0, 0.1) is 19.7 Å². The second kappa shape index (κ2) is 12.6. The molecule has 3 rings (SSSR count). The Morgan fingerprint density at radius 2 is 1.86 bits per heavy atom. The maximum absolute atomic E-state index is 13.9. The van der Waals surface area contributed by atoms with Gasteiger partial charge in [-0.2, -0.15) is 0 Å². The molecular weight excluding hydrogens is 477 g/mol. The molecule has 0 fully saturated rings. The largest absolute Gasteiger partial charge is 0.449 e. The third-order valence-electron chi connectivity index (χ3n) is 6.57. The van der Waals surface area contributed by atoms with Crippen molar-refractivity contribution < 1.29 is 23.5 Å². The van der Waals surface area contributed by atoms with Crippen molar-refractivity contribution in [2.24, 2.45) is 5.73 Å². The molecule has 9 nitrogen and oxygen atoms in total. The van der Waals surface area contributed by atoms with Gasteiger partial charge in [0.25, 0.3) is 11.8 Å². The fourth-order valence-electron chi connectivity index (χ4n) is 4.36. The molecule has 37 heavy (non-hydrogen) atoms. The minimum atomic E-state index is -0.700. The van der Waals surface area contributed by atoms with Crippen molar-refractivity contribution in [2.75, 3.05) is 44.6 Å². The van der Waals surface area contributed by atoms with Crippen LogP contribution in [0.15, 0.2) is 18.2 Å². The number of nitrogens with two attached hydrogens (primary N) is 1. The number of aromatic nitrogens is 1. The first-order valence-corrected chi connectivity index (χ1v) is 12.6. The molecular formula is C27H36FN5O4. The lowest BCUT2D eigenvalue weighted by Gasteiger charge is -2.25. The Labute approximate surface area is 216 Å². The lowest BCUT2D eigenvalue weighted by molar-refractivity contribution is -0.110. The number of H-pyrrole nitrogens is 1. The number of hydrogen-bond acceptors (Lipinski definition) is 6. The molecule has 1 aliphatic heterocycles. The summed E-state index contributed by atoms with van der Waals surface area (Å²) >= 11 is 0. The molecule has 4 N–H and O–H groups in total. The number of likely N-dealkylation sites (N-methyl/N-ethyl adjacent to an activating group) is 1. The number of hydrogen-bond donors (Lipinski definition) is 3. The SMILES string of the molecule is CCN(CC)CCN(C(=O)OCCCCN)C(=O)c1c(C)[nH]c(C=C2C(=O)Nc3ccc(F)cc32)c1C. The average Bonchev–Trinajstić information content (AvgIpc) is 3.33. The smallest absolute Gasteiger partial charge is 0.416 e. The summed E-state index contributed by atoms with van der Waals surface area (Å²) in [7, 11) is 0. The number of aromatic amines is 1. The predicted octanol–water partition coefficient (Wildman–Crippen LogP) is 3.92. The third kappa shape index (κ3) is 6.44. The Balaban J connectivity index is 1.91. The summed E-state index contributed by atoms with van der Waals surface area (Å²) in [4.78, 5) is 45.6. The number of carbonyl (C=O) groups excluding carboxylic acids is 3. The Bertz CT molecular complexity index is 1190. The van der Waals surface area contributed by atoms with Gasteiger partial charge in [0.1, 0.15) is 5.82 Å². The van der Waals surface area contributed by atoms with Gasteiger partial charge in [-0.3, -0.25) is 9.59 Å². The van der Waals surface area contributed by atoms with Crippen molar-refractivity contribution in [3.63, 3.8) is 0 Å². The molecule has 10 heteroatoms. The van der Waals surface area contributed by atoms with Gasteiger partial charge in [0.15, 0.2) is 0 Å². The molecule has 1 aromatic carbocycles. The molecule has 0 bridgehead atoms. The van der Waals surface area contributed by atoms with Crippen LogP contribution in [0.5, 0.6) is 0 Å². The average molecular weight is 514 g/mol. The van der Waals surface area contributed by atoms with Crippen LogP contribution in [-0.4, -0.2) is 72.0 Å². The number of anilines is 1. The van der Waals surface area contributed by atoms with E-state index in [1.54, 1.807) is 19.9 Å². The van der Waals surface area contributed by atoms with Gasteiger partial charge >= 0.3 is 6.09 Å². The van der Waals surface area contributed by atoms with E-state index < -0.39 is 17.8 Å². The second-order valence-electron chi connectivity index (χ2n) is 8.96. The van der Waals surface area contributed by atoms with Crippen LogP contribution < -0.4 is 11.1 Å². The molecule has 1 aliphatic rings. The Morgan fingerprint density at radius 3 is 2.54 bits per heavy atom. The van der Waals surface area contributed by atoms with Gasteiger partial charge in [-0.15, -0.1) is 0 Å². The van der Waals surface area contributed by atoms with Crippen LogP contribution >= 0.6 is 0 Å². The van der Waals surface area contributed by atoms with Crippen molar-refractivity contribution in [1.29, 1.82) is 0 Å². The Hall–Kier alpha value is -3.50. The van der Waals surface area contributed by atoms with Gasteiger partial charge in [-0.05, 0) is 76.2 Å². The van der Waals surface area contributed by atoms with Crippen LogP contribution in [0.2, 0.25) is 0 Å². The first kappa shape index (κ1) is 28.1. The van der Waals surface area contributed by atoms with E-state index >= 15 is 0 Å². The van der Waals surface area contributed by atoms with E-state index in [1.165, 1.54) is 18.2 Å². The number of fused-ring (bicyclic) bond motifs is 1. The van der Waals surface area contributed by atoms with Gasteiger partial charge in [-0.1, -0.05) is 13.8 Å². The van der Waals surface area contributed by atoms with Crippen molar-refractivity contribution in [3.8, 4) is 0 Å². The van der Waals surface area contributed by atoms with E-state index in [4.69, 9.17) is 10.5 Å². The summed E-state index contributed by atoms with van der Waals surface area (Å²) in [5.41, 5.74) is 8.77. The van der Waals surface area contributed by atoms with Crippen LogP contribution in [0.3, 0.4) is 0 Å². The number of ether oxygens (including phenoxy) is 1. The summed E-state index contributed by atoms with van der Waals surface area (Å²) in [5, 5.41) is 2.72. The van der Waals surface area contributed by atoms with E-state index in [2.05, 4.69) is 15.2 Å². The normalized spacial score (nSPS) is 13.7. The first-order valence-electron chi connectivity index (χ1n) is 12.6. The number of amides is 3. The Kier molecular flexibility index (Phi) is 9.60. The summed E-state index contributed by atoms with van der Waals surface area (Å²) in [6, 6.07) is 4.09. The number of rotatable bonds is 11. The van der Waals surface area contributed by atoms with Gasteiger partial charge in [-0.25, -0.2) is 14.1 Å². The monoisotopic (exact) mass is 513 g/mol. The molecule has 2 heterocycles. The number of imide groups is 1. The zero-order chi connectivity index (χ0) is 27.1. The molecule has 0 unspecified atom stereocenters. The van der Waals surface area contributed by atoms with Crippen molar-refractivity contribution in [1.82, 2.24) is 14.8 Å². The van der Waals surface area contributed by atoms with Crippen LogP contribution in [0.1, 0.15) is 59.6 Å². The maximum atomic E-state index is 13.9. The topological polar surface area (TPSA) is 121 Å². The van der Waals surface area contributed by atoms with Crippen molar-refractivity contribution in [2.45, 2.75) is 40.5 Å². The molecule has 200 valence electrons. The highest BCUT2D eigenvalue weighted by Gasteiger charge is 2.30. The van der Waals surface area contributed by atoms with Gasteiger partial charge in [0.2, 0.25) is 0 Å². The number of nitrogens with zero attached hydrogens (tertiary/aromatic N) is 2. The lowest BCUT2D eigenvalue weighted by atomic mass is 10.0. The van der Waals surface area contributed by atoms with Crippen LogP contribution in [0.4, 0.5) is 14.9 Å². The minimum absolute atomic E-state index is 0.172. The Morgan fingerprint density at radius 1 is 1.14 bits per heavy atom. The number of carbonyl (C=O) groups is 3. The predicted molar refractivity (Wildman–Crippen MR) is 142 cm³/mol. The second-order valence-corrected chi connectivity index (χ2v) is 8.96. The lowest BCUT2D eigenvalue weighted by Crippen LogP contribution is -2.43. The third-order valence-corrected chi connectivity index (χ3v) is 6.57. The number of halogens is 1. The van der Waals surface area contributed by atoms with E-state index in [0.717, 1.165) is 24.4 Å². The van der Waals surface area contributed by atoms with Gasteiger partial charge in [0, 0.05) is 35.7 Å². The van der Waals surface area contributed by atoms with Crippen molar-refractivity contribution >= 4 is 35.2 Å². The highest BCUT2D eigenvalue weighted by molar-refractivity contribution is 6.35. The zero-order valence-electron chi connectivity index (χ0n) is 21.9. The quantitative estimate of drug-likeness (QED) is 0.309. The number of aryl methyl sites for hydroxylation is 1. The standard InChI is InChI=1S/C27H36FN5O4/c1-5-32(6-2)12-13-33(27(36)37-14-8-7-11-29)26(35)24-17(3)23(30-18(24)4)16-21-20-15-19(28)9-10-22(20)31-25(21)34/h9-10,15-16,30H,5-8,11-14,29H2,1-4H3,(H,31,34). The molecule has 3 amide bonds. The molecule has 1 aromatic heterocycles. The number of nitrogens with one attached hydrogen (secondary N) is 2. The van der Waals surface area contributed by atoms with Crippen molar-refractivity contribution in [3.05, 3.63) is 52.1 Å². The van der Waals surface area contributed by atoms with Gasteiger partial charge in [0.05, 0.1) is 17.7 Å². The zero-order valence-corrected chi connectivity index (χ0v) is 21.9. The molecule has 0 saturated carbocycles. The fraction of sp³-hybridized carbons (Fsp3) is 0.444. The number of benzene rings is 1. The molecule has 0 aliphatic carbocycles. The van der Waals surface area contributed by atoms with E-state index in [0.29, 0.717) is 53.3 Å². The molecule has 0 atom stereocenters. The molecule has 0 radical (unpaired) electrons. The maximum Gasteiger partial charge on any atom is 0.416 e. The summed E-state index contributed by atoms with van der Waals surface area (Å²) in [6.07, 6.45) is 2.24. The highest BCUT2D eigenvalue weighted by atomic mass is 19.1.